The smallest absolute Gasteiger partial charge is 0.223 e. The van der Waals surface area contributed by atoms with Crippen LogP contribution in [0.25, 0.3) is 0 Å². The van der Waals surface area contributed by atoms with Crippen molar-refractivity contribution in [2.75, 3.05) is 26.3 Å². The number of nitrogens with zero attached hydrogens (tertiary/aromatic N) is 2. The number of likely N-dealkylation sites (tertiary alicyclic amines) is 1. The Bertz CT molecular complexity index is 793. The van der Waals surface area contributed by atoms with E-state index in [1.165, 1.54) is 0 Å². The van der Waals surface area contributed by atoms with E-state index in [9.17, 15) is 9.90 Å². The van der Waals surface area contributed by atoms with Crippen LogP contribution >= 0.6 is 11.6 Å². The standard InChI is InChI=1S/C18H19ClN2O4/c19-16-7-12(25-20-16)5-6-17(23)21-8-14-13-3-1-2-4-15(13)24-11-18(14,9-21)10-22/h1-4,7,14,22H,5-6,8-11H2/t14?,18-/m1/s1. The molecule has 4 rings (SSSR count). The summed E-state index contributed by atoms with van der Waals surface area (Å²) in [5.74, 6) is 1.57. The van der Waals surface area contributed by atoms with Crippen molar-refractivity contribution in [3.8, 4) is 5.75 Å². The second-order valence-electron chi connectivity index (χ2n) is 6.79. The maximum absolute atomic E-state index is 12.6. The van der Waals surface area contributed by atoms with Crippen molar-refractivity contribution in [2.45, 2.75) is 18.8 Å². The molecule has 25 heavy (non-hydrogen) atoms. The first-order chi connectivity index (χ1) is 12.1. The van der Waals surface area contributed by atoms with Crippen LogP contribution in [-0.2, 0) is 11.2 Å². The van der Waals surface area contributed by atoms with Crippen LogP contribution in [0, 0.1) is 5.41 Å². The van der Waals surface area contributed by atoms with E-state index in [4.69, 9.17) is 20.9 Å². The van der Waals surface area contributed by atoms with Gasteiger partial charge in [-0.2, -0.15) is 0 Å². The molecule has 0 aliphatic carbocycles. The molecule has 2 aliphatic rings. The second-order valence-corrected chi connectivity index (χ2v) is 7.18. The molecule has 1 aromatic carbocycles. The number of carbonyl (C=O) groups is 1. The topological polar surface area (TPSA) is 75.8 Å². The van der Waals surface area contributed by atoms with Gasteiger partial charge >= 0.3 is 0 Å². The van der Waals surface area contributed by atoms with Crippen LogP contribution in [0.15, 0.2) is 34.9 Å². The van der Waals surface area contributed by atoms with Crippen molar-refractivity contribution >= 4 is 17.5 Å². The first kappa shape index (κ1) is 16.4. The molecule has 1 unspecified atom stereocenters. The lowest BCUT2D eigenvalue weighted by atomic mass is 9.74. The number of rotatable bonds is 4. The fraction of sp³-hybridized carbons (Fsp3) is 0.444. The van der Waals surface area contributed by atoms with Crippen LogP contribution in [-0.4, -0.2) is 47.4 Å². The highest BCUT2D eigenvalue weighted by Crippen LogP contribution is 2.49. The Morgan fingerprint density at radius 1 is 1.44 bits per heavy atom. The molecule has 1 saturated heterocycles. The van der Waals surface area contributed by atoms with Crippen LogP contribution in [0.2, 0.25) is 5.15 Å². The minimum atomic E-state index is -0.431. The highest BCUT2D eigenvalue weighted by Gasteiger charge is 2.51. The number of aromatic nitrogens is 1. The van der Waals surface area contributed by atoms with Crippen molar-refractivity contribution in [1.82, 2.24) is 10.1 Å². The quantitative estimate of drug-likeness (QED) is 0.902. The summed E-state index contributed by atoms with van der Waals surface area (Å²) < 4.78 is 10.9. The van der Waals surface area contributed by atoms with E-state index in [2.05, 4.69) is 5.16 Å². The number of aliphatic hydroxyl groups is 1. The normalized spacial score (nSPS) is 24.6. The molecule has 6 nitrogen and oxygen atoms in total. The van der Waals surface area contributed by atoms with E-state index < -0.39 is 5.41 Å². The van der Waals surface area contributed by atoms with Gasteiger partial charge in [-0.25, -0.2) is 0 Å². The lowest BCUT2D eigenvalue weighted by Crippen LogP contribution is -2.42. The first-order valence-corrected chi connectivity index (χ1v) is 8.70. The number of carbonyl (C=O) groups excluding carboxylic acids is 1. The number of amides is 1. The molecule has 1 N–H and O–H groups in total. The third kappa shape index (κ3) is 2.89. The lowest BCUT2D eigenvalue weighted by Gasteiger charge is -2.37. The van der Waals surface area contributed by atoms with E-state index in [-0.39, 0.29) is 18.4 Å². The van der Waals surface area contributed by atoms with E-state index in [1.807, 2.05) is 29.2 Å². The number of fused-ring (bicyclic) bond motifs is 3. The van der Waals surface area contributed by atoms with Gasteiger partial charge in [-0.3, -0.25) is 4.79 Å². The van der Waals surface area contributed by atoms with Crippen molar-refractivity contribution in [2.24, 2.45) is 5.41 Å². The third-order valence-corrected chi connectivity index (χ3v) is 5.42. The molecule has 1 amide bonds. The second kappa shape index (κ2) is 6.35. The average Bonchev–Trinajstić information content (AvgIpc) is 3.23. The Morgan fingerprint density at radius 2 is 2.28 bits per heavy atom. The zero-order valence-corrected chi connectivity index (χ0v) is 14.4. The Balaban J connectivity index is 1.49. The fourth-order valence-electron chi connectivity index (χ4n) is 3.85. The van der Waals surface area contributed by atoms with Crippen LogP contribution < -0.4 is 4.74 Å². The van der Waals surface area contributed by atoms with Crippen LogP contribution in [0.4, 0.5) is 0 Å². The molecule has 0 bridgehead atoms. The Kier molecular flexibility index (Phi) is 4.17. The summed E-state index contributed by atoms with van der Waals surface area (Å²) in [6.45, 7) is 1.51. The molecule has 7 heteroatoms. The molecule has 132 valence electrons. The molecular weight excluding hydrogens is 344 g/mol. The number of aryl methyl sites for hydroxylation is 1. The van der Waals surface area contributed by atoms with Gasteiger partial charge in [0.05, 0.1) is 18.6 Å². The minimum Gasteiger partial charge on any atom is -0.493 e. The number of halogens is 1. The SMILES string of the molecule is O=C(CCc1cc(Cl)no1)N1CC2c3ccccc3OC[C@]2(CO)C1. The van der Waals surface area contributed by atoms with E-state index in [0.29, 0.717) is 43.5 Å². The predicted octanol–water partition coefficient (Wildman–Crippen LogP) is 2.26. The molecule has 3 heterocycles. The molecular formula is C18H19ClN2O4. The summed E-state index contributed by atoms with van der Waals surface area (Å²) >= 11 is 5.73. The molecule has 2 aliphatic heterocycles. The van der Waals surface area contributed by atoms with Gasteiger partial charge in [0.25, 0.3) is 0 Å². The van der Waals surface area contributed by atoms with E-state index in [1.54, 1.807) is 6.07 Å². The maximum Gasteiger partial charge on any atom is 0.223 e. The van der Waals surface area contributed by atoms with Gasteiger partial charge in [-0.05, 0) is 11.6 Å². The first-order valence-electron chi connectivity index (χ1n) is 8.33. The van der Waals surface area contributed by atoms with Gasteiger partial charge < -0.3 is 19.3 Å². The highest BCUT2D eigenvalue weighted by atomic mass is 35.5. The molecule has 0 radical (unpaired) electrons. The van der Waals surface area contributed by atoms with Crippen molar-refractivity contribution in [3.05, 3.63) is 46.8 Å². The van der Waals surface area contributed by atoms with Gasteiger partial charge in [0.1, 0.15) is 11.5 Å². The zero-order valence-electron chi connectivity index (χ0n) is 13.7. The molecule has 2 atom stereocenters. The van der Waals surface area contributed by atoms with E-state index >= 15 is 0 Å². The molecule has 1 fully saturated rings. The predicted molar refractivity (Wildman–Crippen MR) is 90.6 cm³/mol. The number of hydrogen-bond donors (Lipinski definition) is 1. The average molecular weight is 363 g/mol. The molecule has 1 aromatic heterocycles. The number of benzene rings is 1. The Hall–Kier alpha value is -2.05. The van der Waals surface area contributed by atoms with Crippen LogP contribution in [0.1, 0.15) is 23.7 Å². The number of para-hydroxylation sites is 1. The van der Waals surface area contributed by atoms with Crippen LogP contribution in [0.5, 0.6) is 5.75 Å². The van der Waals surface area contributed by atoms with Crippen LogP contribution in [0.3, 0.4) is 0 Å². The maximum atomic E-state index is 12.6. The van der Waals surface area contributed by atoms with Gasteiger partial charge in [0.15, 0.2) is 5.15 Å². The van der Waals surface area contributed by atoms with Gasteiger partial charge in [-0.1, -0.05) is 35.0 Å². The van der Waals surface area contributed by atoms with Gasteiger partial charge in [0.2, 0.25) is 5.91 Å². The summed E-state index contributed by atoms with van der Waals surface area (Å²) in [7, 11) is 0. The van der Waals surface area contributed by atoms with E-state index in [0.717, 1.165) is 11.3 Å². The summed E-state index contributed by atoms with van der Waals surface area (Å²) in [5.41, 5.74) is 0.639. The van der Waals surface area contributed by atoms with Gasteiger partial charge in [-0.15, -0.1) is 0 Å². The molecule has 0 saturated carbocycles. The number of ether oxygens (including phenoxy) is 1. The van der Waals surface area contributed by atoms with Crippen molar-refractivity contribution in [3.63, 3.8) is 0 Å². The number of aliphatic hydroxyl groups excluding tert-OH is 1. The summed E-state index contributed by atoms with van der Waals surface area (Å²) in [6.07, 6.45) is 0.779. The monoisotopic (exact) mass is 362 g/mol. The third-order valence-electron chi connectivity index (χ3n) is 5.24. The number of hydrogen-bond acceptors (Lipinski definition) is 5. The summed E-state index contributed by atoms with van der Waals surface area (Å²) in [6, 6.07) is 9.49. The Labute approximate surface area is 150 Å². The minimum absolute atomic E-state index is 0.00646. The Morgan fingerprint density at radius 3 is 3.04 bits per heavy atom. The van der Waals surface area contributed by atoms with Crippen molar-refractivity contribution in [1.29, 1.82) is 0 Å². The highest BCUT2D eigenvalue weighted by molar-refractivity contribution is 6.29. The fourth-order valence-corrected chi connectivity index (χ4v) is 4.01. The summed E-state index contributed by atoms with van der Waals surface area (Å²) in [4.78, 5) is 14.5. The zero-order chi connectivity index (χ0) is 17.4. The summed E-state index contributed by atoms with van der Waals surface area (Å²) in [5, 5.41) is 13.9. The lowest BCUT2D eigenvalue weighted by molar-refractivity contribution is -0.130. The molecule has 2 aromatic rings. The molecule has 0 spiro atoms. The van der Waals surface area contributed by atoms with Gasteiger partial charge in [0, 0.05) is 37.9 Å². The van der Waals surface area contributed by atoms with Crippen molar-refractivity contribution < 1.29 is 19.2 Å². The largest absolute Gasteiger partial charge is 0.493 e.